The normalized spacial score (nSPS) is 10.5. The Balaban J connectivity index is 1.49. The molecule has 2 aromatic carbocycles. The summed E-state index contributed by atoms with van der Waals surface area (Å²) in [5.41, 5.74) is 3.41. The second-order valence-corrected chi connectivity index (χ2v) is 7.06. The molecule has 4 aromatic rings. The van der Waals surface area contributed by atoms with Gasteiger partial charge in [0.05, 0.1) is 11.9 Å². The van der Waals surface area contributed by atoms with E-state index < -0.39 is 5.91 Å². The Morgan fingerprint density at radius 2 is 1.87 bits per heavy atom. The smallest absolute Gasteiger partial charge is 0.277 e. The minimum Gasteiger partial charge on any atom is -0.471 e. The first-order valence-electron chi connectivity index (χ1n) is 9.63. The molecule has 0 bridgehead atoms. The molecule has 2 aromatic heterocycles. The molecule has 0 spiro atoms. The van der Waals surface area contributed by atoms with Gasteiger partial charge in [0.2, 0.25) is 0 Å². The molecule has 8 heteroatoms. The van der Waals surface area contributed by atoms with Crippen molar-refractivity contribution in [2.75, 3.05) is 5.32 Å². The van der Waals surface area contributed by atoms with Crippen LogP contribution >= 0.6 is 0 Å². The number of nitrogens with one attached hydrogen (secondary N) is 1. The van der Waals surface area contributed by atoms with Gasteiger partial charge < -0.3 is 10.1 Å². The van der Waals surface area contributed by atoms with Crippen molar-refractivity contribution < 1.29 is 9.53 Å². The van der Waals surface area contributed by atoms with E-state index in [9.17, 15) is 10.1 Å². The van der Waals surface area contributed by atoms with E-state index in [1.165, 1.54) is 15.6 Å². The summed E-state index contributed by atoms with van der Waals surface area (Å²) in [4.78, 5) is 12.8. The third-order valence-electron chi connectivity index (χ3n) is 4.55. The number of carbonyl (C=O) groups excluding carboxylic acids is 1. The fraction of sp³-hybridized carbons (Fsp3) is 0.130. The number of para-hydroxylation sites is 1. The Morgan fingerprint density at radius 1 is 1.13 bits per heavy atom. The predicted molar refractivity (Wildman–Crippen MR) is 115 cm³/mol. The highest BCUT2D eigenvalue weighted by Crippen LogP contribution is 2.20. The van der Waals surface area contributed by atoms with E-state index in [2.05, 4.69) is 27.6 Å². The molecule has 2 heterocycles. The number of rotatable bonds is 6. The number of anilines is 1. The van der Waals surface area contributed by atoms with Crippen molar-refractivity contribution in [2.24, 2.45) is 0 Å². The van der Waals surface area contributed by atoms with Crippen LogP contribution in [0.1, 0.15) is 27.2 Å². The van der Waals surface area contributed by atoms with Crippen LogP contribution < -0.4 is 10.1 Å². The molecule has 0 saturated heterocycles. The fourth-order valence-electron chi connectivity index (χ4n) is 3.20. The van der Waals surface area contributed by atoms with Gasteiger partial charge in [0.25, 0.3) is 5.91 Å². The Kier molecular flexibility index (Phi) is 5.49. The van der Waals surface area contributed by atoms with Gasteiger partial charge in [-0.25, -0.2) is 9.36 Å². The number of carbonyl (C=O) groups is 1. The van der Waals surface area contributed by atoms with Crippen LogP contribution in [0.2, 0.25) is 0 Å². The van der Waals surface area contributed by atoms with Crippen molar-refractivity contribution >= 4 is 11.7 Å². The lowest BCUT2D eigenvalue weighted by atomic mass is 10.1. The molecule has 8 nitrogen and oxygen atoms in total. The lowest BCUT2D eigenvalue weighted by molar-refractivity contribution is 0.101. The molecule has 0 atom stereocenters. The maximum Gasteiger partial charge on any atom is 0.277 e. The summed E-state index contributed by atoms with van der Waals surface area (Å²) in [5, 5.41) is 20.6. The van der Waals surface area contributed by atoms with Crippen LogP contribution in [0.3, 0.4) is 0 Å². The number of ether oxygens (including phenoxy) is 1. The predicted octanol–water partition coefficient (Wildman–Crippen LogP) is 3.85. The van der Waals surface area contributed by atoms with E-state index in [0.717, 1.165) is 22.6 Å². The molecule has 0 unspecified atom stereocenters. The van der Waals surface area contributed by atoms with E-state index >= 15 is 0 Å². The third kappa shape index (κ3) is 4.46. The average molecular weight is 412 g/mol. The first kappa shape index (κ1) is 19.9. The van der Waals surface area contributed by atoms with Crippen molar-refractivity contribution in [3.05, 3.63) is 89.4 Å². The van der Waals surface area contributed by atoms with Gasteiger partial charge in [-0.1, -0.05) is 24.3 Å². The second kappa shape index (κ2) is 8.55. The molecule has 0 aliphatic rings. The lowest BCUT2D eigenvalue weighted by Crippen LogP contribution is -2.17. The number of benzene rings is 2. The van der Waals surface area contributed by atoms with Gasteiger partial charge in [0.1, 0.15) is 17.4 Å². The minimum atomic E-state index is -0.445. The zero-order valence-corrected chi connectivity index (χ0v) is 17.1. The van der Waals surface area contributed by atoms with Crippen molar-refractivity contribution in [3.8, 4) is 17.5 Å². The standard InChI is InChI=1S/C23H20N6O2/c1-16-10-17(2)12-20(11-16)31-15-28-9-8-21(27-28)23(30)26-22-18(13-24)14-25-29(22)19-6-4-3-5-7-19/h3-12,14H,15H2,1-2H3,(H,26,30). The van der Waals surface area contributed by atoms with Gasteiger partial charge >= 0.3 is 0 Å². The molecule has 0 fully saturated rings. The number of nitrogens with zero attached hydrogens (tertiary/aromatic N) is 5. The van der Waals surface area contributed by atoms with Crippen LogP contribution in [0.4, 0.5) is 5.82 Å². The Morgan fingerprint density at radius 3 is 2.58 bits per heavy atom. The van der Waals surface area contributed by atoms with Gasteiger partial charge in [0, 0.05) is 6.20 Å². The summed E-state index contributed by atoms with van der Waals surface area (Å²) >= 11 is 0. The van der Waals surface area contributed by atoms with Crippen LogP contribution in [-0.2, 0) is 6.73 Å². The summed E-state index contributed by atoms with van der Waals surface area (Å²) in [6, 6.07) is 18.9. The maximum atomic E-state index is 12.8. The van der Waals surface area contributed by atoms with E-state index in [1.807, 2.05) is 56.3 Å². The zero-order chi connectivity index (χ0) is 21.8. The molecule has 0 aliphatic heterocycles. The number of aryl methyl sites for hydroxylation is 2. The topological polar surface area (TPSA) is 97.8 Å². The fourth-order valence-corrected chi connectivity index (χ4v) is 3.20. The highest BCUT2D eigenvalue weighted by molar-refractivity contribution is 6.03. The van der Waals surface area contributed by atoms with Gasteiger partial charge in [-0.3, -0.25) is 4.79 Å². The first-order valence-corrected chi connectivity index (χ1v) is 9.63. The van der Waals surface area contributed by atoms with Crippen LogP contribution in [0.15, 0.2) is 67.0 Å². The minimum absolute atomic E-state index is 0.168. The van der Waals surface area contributed by atoms with Crippen LogP contribution in [-0.4, -0.2) is 25.5 Å². The van der Waals surface area contributed by atoms with Crippen molar-refractivity contribution in [2.45, 2.75) is 20.6 Å². The monoisotopic (exact) mass is 412 g/mol. The number of hydrogen-bond acceptors (Lipinski definition) is 5. The molecule has 0 saturated carbocycles. The van der Waals surface area contributed by atoms with Crippen LogP contribution in [0.5, 0.6) is 5.75 Å². The molecule has 1 N–H and O–H groups in total. The van der Waals surface area contributed by atoms with E-state index in [-0.39, 0.29) is 18.0 Å². The van der Waals surface area contributed by atoms with E-state index in [4.69, 9.17) is 4.74 Å². The highest BCUT2D eigenvalue weighted by Gasteiger charge is 2.17. The summed E-state index contributed by atoms with van der Waals surface area (Å²) in [6.07, 6.45) is 3.08. The quantitative estimate of drug-likeness (QED) is 0.519. The first-order chi connectivity index (χ1) is 15.0. The number of amides is 1. The number of hydrogen-bond donors (Lipinski definition) is 1. The van der Waals surface area contributed by atoms with Gasteiger partial charge in [-0.05, 0) is 55.3 Å². The SMILES string of the molecule is Cc1cc(C)cc(OCn2ccc(C(=O)Nc3c(C#N)cnn3-c3ccccc3)n2)c1. The lowest BCUT2D eigenvalue weighted by Gasteiger charge is -2.09. The molecule has 1 amide bonds. The molecule has 0 aliphatic carbocycles. The highest BCUT2D eigenvalue weighted by atomic mass is 16.5. The summed E-state index contributed by atoms with van der Waals surface area (Å²) in [7, 11) is 0. The zero-order valence-electron chi connectivity index (χ0n) is 17.1. The average Bonchev–Trinajstić information content (AvgIpc) is 3.39. The maximum absolute atomic E-state index is 12.8. The number of nitriles is 1. The number of aromatic nitrogens is 4. The Hall–Kier alpha value is -4.38. The molecule has 0 radical (unpaired) electrons. The van der Waals surface area contributed by atoms with Crippen LogP contribution in [0, 0.1) is 25.2 Å². The molecule has 4 rings (SSSR count). The van der Waals surface area contributed by atoms with E-state index in [1.54, 1.807) is 12.3 Å². The van der Waals surface area contributed by atoms with Crippen molar-refractivity contribution in [1.29, 1.82) is 5.26 Å². The molecule has 31 heavy (non-hydrogen) atoms. The molecular formula is C23H20N6O2. The van der Waals surface area contributed by atoms with Gasteiger partial charge in [0.15, 0.2) is 18.2 Å². The van der Waals surface area contributed by atoms with Crippen LogP contribution in [0.25, 0.3) is 5.69 Å². The Labute approximate surface area is 179 Å². The van der Waals surface area contributed by atoms with Gasteiger partial charge in [-0.2, -0.15) is 15.5 Å². The van der Waals surface area contributed by atoms with Crippen molar-refractivity contribution in [1.82, 2.24) is 19.6 Å². The van der Waals surface area contributed by atoms with Gasteiger partial charge in [-0.15, -0.1) is 0 Å². The van der Waals surface area contributed by atoms with E-state index in [0.29, 0.717) is 5.82 Å². The second-order valence-electron chi connectivity index (χ2n) is 7.06. The summed E-state index contributed by atoms with van der Waals surface area (Å²) in [5.74, 6) is 0.587. The summed E-state index contributed by atoms with van der Waals surface area (Å²) in [6.45, 7) is 4.18. The largest absolute Gasteiger partial charge is 0.471 e. The molecule has 154 valence electrons. The third-order valence-corrected chi connectivity index (χ3v) is 4.55. The summed E-state index contributed by atoms with van der Waals surface area (Å²) < 4.78 is 8.82. The molecular weight excluding hydrogens is 392 g/mol. The Bertz CT molecular complexity index is 1250. The van der Waals surface area contributed by atoms with Crippen molar-refractivity contribution in [3.63, 3.8) is 0 Å².